The van der Waals surface area contributed by atoms with E-state index in [9.17, 15) is 9.59 Å². The summed E-state index contributed by atoms with van der Waals surface area (Å²) in [5.41, 5.74) is 0. The van der Waals surface area contributed by atoms with Crippen molar-refractivity contribution in [2.24, 2.45) is 5.92 Å². The molecule has 5 heteroatoms. The first-order chi connectivity index (χ1) is 8.29. The third-order valence-corrected chi connectivity index (χ3v) is 3.30. The number of carbonyl (C=O) groups is 2. The molecule has 0 spiro atoms. The summed E-state index contributed by atoms with van der Waals surface area (Å²) < 4.78 is 0. The molecule has 0 aliphatic carbocycles. The zero-order valence-electron chi connectivity index (χ0n) is 12.1. The topological polar surface area (TPSA) is 69.6 Å². The average molecular weight is 258 g/mol. The van der Waals surface area contributed by atoms with Crippen LogP contribution in [0.5, 0.6) is 0 Å². The lowest BCUT2D eigenvalue weighted by Crippen LogP contribution is -2.49. The third kappa shape index (κ3) is 5.89. The van der Waals surface area contributed by atoms with Gasteiger partial charge in [-0.15, -0.1) is 0 Å². The van der Waals surface area contributed by atoms with Gasteiger partial charge in [-0.3, -0.25) is 4.79 Å². The summed E-state index contributed by atoms with van der Waals surface area (Å²) in [5, 5.41) is 11.6. The molecule has 0 aliphatic heterocycles. The van der Waals surface area contributed by atoms with Crippen molar-refractivity contribution in [1.82, 2.24) is 10.2 Å². The molecule has 0 rings (SSSR count). The molecule has 0 aromatic heterocycles. The van der Waals surface area contributed by atoms with E-state index < -0.39 is 5.97 Å². The summed E-state index contributed by atoms with van der Waals surface area (Å²) in [4.78, 5) is 24.2. The summed E-state index contributed by atoms with van der Waals surface area (Å²) in [6.07, 6.45) is 0.974. The lowest BCUT2D eigenvalue weighted by atomic mass is 10.0. The maximum absolute atomic E-state index is 12.0. The van der Waals surface area contributed by atoms with E-state index in [1.165, 1.54) is 0 Å². The highest BCUT2D eigenvalue weighted by molar-refractivity contribution is 5.75. The average Bonchev–Trinajstić information content (AvgIpc) is 2.26. The Morgan fingerprint density at radius 1 is 1.22 bits per heavy atom. The van der Waals surface area contributed by atoms with Crippen LogP contribution in [0.3, 0.4) is 0 Å². The van der Waals surface area contributed by atoms with Crippen LogP contribution >= 0.6 is 0 Å². The summed E-state index contributed by atoms with van der Waals surface area (Å²) in [7, 11) is 0. The van der Waals surface area contributed by atoms with Crippen molar-refractivity contribution in [3.8, 4) is 0 Å². The Labute approximate surface area is 110 Å². The number of urea groups is 1. The van der Waals surface area contributed by atoms with Gasteiger partial charge in [0.1, 0.15) is 0 Å². The van der Waals surface area contributed by atoms with Gasteiger partial charge in [-0.25, -0.2) is 4.79 Å². The quantitative estimate of drug-likeness (QED) is 0.736. The van der Waals surface area contributed by atoms with Crippen LogP contribution in [0.25, 0.3) is 0 Å². The summed E-state index contributed by atoms with van der Waals surface area (Å²) in [6, 6.07) is -0.0962. The van der Waals surface area contributed by atoms with E-state index in [1.54, 1.807) is 4.90 Å². The van der Waals surface area contributed by atoms with Gasteiger partial charge >= 0.3 is 12.0 Å². The van der Waals surface area contributed by atoms with E-state index in [4.69, 9.17) is 5.11 Å². The molecule has 0 heterocycles. The second-order valence-corrected chi connectivity index (χ2v) is 5.05. The van der Waals surface area contributed by atoms with E-state index in [-0.39, 0.29) is 31.1 Å². The number of nitrogens with zero attached hydrogens (tertiary/aromatic N) is 1. The zero-order chi connectivity index (χ0) is 14.3. The number of carbonyl (C=O) groups excluding carboxylic acids is 1. The van der Waals surface area contributed by atoms with E-state index in [1.807, 2.05) is 20.8 Å². The molecule has 0 saturated heterocycles. The summed E-state index contributed by atoms with van der Waals surface area (Å²) >= 11 is 0. The Balaban J connectivity index is 4.43. The van der Waals surface area contributed by atoms with Crippen LogP contribution in [-0.4, -0.2) is 40.6 Å². The molecule has 2 N–H and O–H groups in total. The van der Waals surface area contributed by atoms with E-state index in [0.717, 1.165) is 6.42 Å². The van der Waals surface area contributed by atoms with Crippen molar-refractivity contribution >= 4 is 12.0 Å². The van der Waals surface area contributed by atoms with Gasteiger partial charge in [-0.05, 0) is 26.7 Å². The molecule has 0 aliphatic rings. The first-order valence-corrected chi connectivity index (χ1v) is 6.58. The van der Waals surface area contributed by atoms with Crippen molar-refractivity contribution in [3.05, 3.63) is 0 Å². The van der Waals surface area contributed by atoms with Crippen LogP contribution < -0.4 is 5.32 Å². The van der Waals surface area contributed by atoms with E-state index >= 15 is 0 Å². The molecular formula is C13H26N2O3. The minimum Gasteiger partial charge on any atom is -0.481 e. The molecule has 0 aromatic carbocycles. The fourth-order valence-corrected chi connectivity index (χ4v) is 1.58. The van der Waals surface area contributed by atoms with Crippen LogP contribution in [-0.2, 0) is 4.79 Å². The number of amides is 2. The molecule has 18 heavy (non-hydrogen) atoms. The van der Waals surface area contributed by atoms with Gasteiger partial charge in [0.25, 0.3) is 0 Å². The number of nitrogens with one attached hydrogen (secondary N) is 1. The Hall–Kier alpha value is -1.26. The second kappa shape index (κ2) is 7.95. The Morgan fingerprint density at radius 2 is 1.78 bits per heavy atom. The van der Waals surface area contributed by atoms with Crippen LogP contribution in [0.15, 0.2) is 0 Å². The lowest BCUT2D eigenvalue weighted by Gasteiger charge is -2.29. The predicted octanol–water partition coefficient (Wildman–Crippen LogP) is 2.32. The van der Waals surface area contributed by atoms with E-state index in [2.05, 4.69) is 19.2 Å². The first kappa shape index (κ1) is 16.7. The fourth-order valence-electron chi connectivity index (χ4n) is 1.58. The van der Waals surface area contributed by atoms with Gasteiger partial charge in [-0.2, -0.15) is 0 Å². The normalized spacial score (nSPS) is 14.1. The smallest absolute Gasteiger partial charge is 0.317 e. The predicted molar refractivity (Wildman–Crippen MR) is 71.5 cm³/mol. The van der Waals surface area contributed by atoms with Crippen molar-refractivity contribution in [3.63, 3.8) is 0 Å². The van der Waals surface area contributed by atoms with Crippen molar-refractivity contribution < 1.29 is 14.7 Å². The van der Waals surface area contributed by atoms with Crippen molar-refractivity contribution in [2.75, 3.05) is 6.54 Å². The van der Waals surface area contributed by atoms with Gasteiger partial charge < -0.3 is 15.3 Å². The fraction of sp³-hybridized carbons (Fsp3) is 0.846. The summed E-state index contributed by atoms with van der Waals surface area (Å²) in [6.45, 7) is 10.2. The number of aliphatic carboxylic acids is 1. The number of rotatable bonds is 7. The van der Waals surface area contributed by atoms with Crippen LogP contribution in [0, 0.1) is 5.92 Å². The highest BCUT2D eigenvalue weighted by atomic mass is 16.4. The molecule has 2 amide bonds. The Morgan fingerprint density at radius 3 is 2.17 bits per heavy atom. The molecule has 0 saturated carbocycles. The second-order valence-electron chi connectivity index (χ2n) is 5.05. The standard InChI is InChI=1S/C13H26N2O3/c1-6-10(4)11(5)14-13(18)15(9(2)3)8-7-12(16)17/h9-11H,6-8H2,1-5H3,(H,14,18)(H,16,17). The number of hydrogen-bond acceptors (Lipinski definition) is 2. The number of carboxylic acid groups (broad SMARTS) is 1. The molecule has 106 valence electrons. The molecule has 0 aromatic rings. The van der Waals surface area contributed by atoms with Gasteiger partial charge in [0.05, 0.1) is 6.42 Å². The van der Waals surface area contributed by atoms with Crippen molar-refractivity contribution in [1.29, 1.82) is 0 Å². The van der Waals surface area contributed by atoms with Gasteiger partial charge in [0.2, 0.25) is 0 Å². The van der Waals surface area contributed by atoms with E-state index in [0.29, 0.717) is 5.92 Å². The first-order valence-electron chi connectivity index (χ1n) is 6.58. The molecular weight excluding hydrogens is 232 g/mol. The SMILES string of the molecule is CCC(C)C(C)NC(=O)N(CCC(=O)O)C(C)C. The van der Waals surface area contributed by atoms with Gasteiger partial charge in [0, 0.05) is 18.6 Å². The van der Waals surface area contributed by atoms with Gasteiger partial charge in [0.15, 0.2) is 0 Å². The third-order valence-electron chi connectivity index (χ3n) is 3.30. The number of hydrogen-bond donors (Lipinski definition) is 2. The molecule has 0 radical (unpaired) electrons. The van der Waals surface area contributed by atoms with Crippen LogP contribution in [0.4, 0.5) is 4.79 Å². The monoisotopic (exact) mass is 258 g/mol. The Kier molecular flexibility index (Phi) is 7.39. The zero-order valence-corrected chi connectivity index (χ0v) is 12.1. The lowest BCUT2D eigenvalue weighted by molar-refractivity contribution is -0.137. The van der Waals surface area contributed by atoms with Crippen LogP contribution in [0.1, 0.15) is 47.5 Å². The van der Waals surface area contributed by atoms with Gasteiger partial charge in [-0.1, -0.05) is 20.3 Å². The largest absolute Gasteiger partial charge is 0.481 e. The van der Waals surface area contributed by atoms with Crippen molar-refractivity contribution in [2.45, 2.75) is 59.5 Å². The minimum absolute atomic E-state index is 0.00603. The maximum Gasteiger partial charge on any atom is 0.317 e. The molecule has 0 bridgehead atoms. The summed E-state index contributed by atoms with van der Waals surface area (Å²) in [5.74, 6) is -0.481. The molecule has 2 unspecified atom stereocenters. The minimum atomic E-state index is -0.886. The maximum atomic E-state index is 12.0. The Bertz CT molecular complexity index is 279. The molecule has 0 fully saturated rings. The van der Waals surface area contributed by atoms with Crippen LogP contribution in [0.2, 0.25) is 0 Å². The number of carboxylic acids is 1. The molecule has 5 nitrogen and oxygen atoms in total. The highest BCUT2D eigenvalue weighted by Gasteiger charge is 2.21. The molecule has 2 atom stereocenters. The highest BCUT2D eigenvalue weighted by Crippen LogP contribution is 2.08.